The SMILES string of the molecule is COc1cccc2cc(C(=O)NCCNc3cc(N(C)C)cnn3)oc12. The van der Waals surface area contributed by atoms with Crippen molar-refractivity contribution in [2.75, 3.05) is 44.5 Å². The Hall–Kier alpha value is -3.29. The van der Waals surface area contributed by atoms with Crippen LogP contribution in [-0.2, 0) is 0 Å². The minimum Gasteiger partial charge on any atom is -0.493 e. The van der Waals surface area contributed by atoms with E-state index in [1.165, 1.54) is 0 Å². The molecule has 2 aromatic heterocycles. The van der Waals surface area contributed by atoms with E-state index in [-0.39, 0.29) is 11.7 Å². The van der Waals surface area contributed by atoms with Gasteiger partial charge in [0.15, 0.2) is 22.9 Å². The summed E-state index contributed by atoms with van der Waals surface area (Å²) < 4.78 is 10.9. The van der Waals surface area contributed by atoms with Crippen LogP contribution in [0.4, 0.5) is 11.5 Å². The van der Waals surface area contributed by atoms with Crippen LogP contribution in [0, 0.1) is 0 Å². The average molecular weight is 355 g/mol. The predicted octanol–water partition coefficient (Wildman–Crippen LogP) is 2.14. The topological polar surface area (TPSA) is 92.5 Å². The molecule has 0 aliphatic rings. The number of amides is 1. The molecule has 0 atom stereocenters. The number of methoxy groups -OCH3 is 1. The second-order valence-corrected chi connectivity index (χ2v) is 5.87. The Morgan fingerprint density at radius 1 is 1.27 bits per heavy atom. The van der Waals surface area contributed by atoms with Crippen molar-refractivity contribution < 1.29 is 13.9 Å². The summed E-state index contributed by atoms with van der Waals surface area (Å²) >= 11 is 0. The highest BCUT2D eigenvalue weighted by atomic mass is 16.5. The zero-order valence-electron chi connectivity index (χ0n) is 14.9. The summed E-state index contributed by atoms with van der Waals surface area (Å²) in [6.07, 6.45) is 1.68. The molecule has 136 valence electrons. The zero-order chi connectivity index (χ0) is 18.5. The molecule has 2 N–H and O–H groups in total. The van der Waals surface area contributed by atoms with E-state index in [1.54, 1.807) is 25.4 Å². The third-order valence-electron chi connectivity index (χ3n) is 3.82. The summed E-state index contributed by atoms with van der Waals surface area (Å²) in [5.41, 5.74) is 1.51. The molecule has 0 saturated heterocycles. The summed E-state index contributed by atoms with van der Waals surface area (Å²) in [4.78, 5) is 14.2. The molecule has 3 rings (SSSR count). The maximum atomic E-state index is 12.3. The van der Waals surface area contributed by atoms with Gasteiger partial charge >= 0.3 is 0 Å². The first-order chi connectivity index (χ1) is 12.6. The molecule has 0 aliphatic heterocycles. The quantitative estimate of drug-likeness (QED) is 0.627. The third kappa shape index (κ3) is 3.85. The van der Waals surface area contributed by atoms with Crippen molar-refractivity contribution in [3.05, 3.63) is 42.3 Å². The molecule has 0 bridgehead atoms. The standard InChI is InChI=1S/C18H21N5O3/c1-23(2)13-10-16(22-21-11-13)19-7-8-20-18(24)15-9-12-5-4-6-14(25-3)17(12)26-15/h4-6,9-11H,7-8H2,1-3H3,(H,19,22)(H,20,24). The second kappa shape index (κ2) is 7.73. The molecule has 2 heterocycles. The predicted molar refractivity (Wildman–Crippen MR) is 99.9 cm³/mol. The van der Waals surface area contributed by atoms with Gasteiger partial charge in [-0.1, -0.05) is 12.1 Å². The number of carbonyl (C=O) groups excluding carboxylic acids is 1. The van der Waals surface area contributed by atoms with Gasteiger partial charge in [0.25, 0.3) is 5.91 Å². The summed E-state index contributed by atoms with van der Waals surface area (Å²) in [5.74, 6) is 1.22. The molecular weight excluding hydrogens is 334 g/mol. The number of hydrogen-bond acceptors (Lipinski definition) is 7. The van der Waals surface area contributed by atoms with Crippen molar-refractivity contribution in [3.63, 3.8) is 0 Å². The highest BCUT2D eigenvalue weighted by Crippen LogP contribution is 2.28. The normalized spacial score (nSPS) is 10.6. The fourth-order valence-corrected chi connectivity index (χ4v) is 2.45. The van der Waals surface area contributed by atoms with Crippen LogP contribution in [0.1, 0.15) is 10.6 Å². The number of rotatable bonds is 7. The Morgan fingerprint density at radius 2 is 2.12 bits per heavy atom. The number of benzene rings is 1. The lowest BCUT2D eigenvalue weighted by Gasteiger charge is -2.12. The van der Waals surface area contributed by atoms with Gasteiger partial charge in [0.05, 0.1) is 19.0 Å². The number of fused-ring (bicyclic) bond motifs is 1. The van der Waals surface area contributed by atoms with E-state index in [1.807, 2.05) is 37.2 Å². The van der Waals surface area contributed by atoms with Crippen molar-refractivity contribution in [3.8, 4) is 5.75 Å². The van der Waals surface area contributed by atoms with Gasteiger partial charge in [-0.2, -0.15) is 5.10 Å². The van der Waals surface area contributed by atoms with Crippen molar-refractivity contribution in [2.24, 2.45) is 0 Å². The van der Waals surface area contributed by atoms with E-state index in [4.69, 9.17) is 9.15 Å². The van der Waals surface area contributed by atoms with Gasteiger partial charge in [-0.05, 0) is 12.1 Å². The van der Waals surface area contributed by atoms with E-state index >= 15 is 0 Å². The largest absolute Gasteiger partial charge is 0.493 e. The first-order valence-electron chi connectivity index (χ1n) is 8.17. The molecule has 1 amide bonds. The first-order valence-corrected chi connectivity index (χ1v) is 8.17. The van der Waals surface area contributed by atoms with E-state index in [0.29, 0.717) is 30.2 Å². The minimum absolute atomic E-state index is 0.249. The number of furan rings is 1. The smallest absolute Gasteiger partial charge is 0.287 e. The Bertz CT molecular complexity index is 907. The highest BCUT2D eigenvalue weighted by Gasteiger charge is 2.14. The number of hydrogen-bond donors (Lipinski definition) is 2. The molecular formula is C18H21N5O3. The molecule has 0 radical (unpaired) electrons. The van der Waals surface area contributed by atoms with Gasteiger partial charge in [-0.25, -0.2) is 0 Å². The van der Waals surface area contributed by atoms with Crippen LogP contribution in [0.5, 0.6) is 5.75 Å². The second-order valence-electron chi connectivity index (χ2n) is 5.87. The minimum atomic E-state index is -0.279. The summed E-state index contributed by atoms with van der Waals surface area (Å²) in [6, 6.07) is 9.11. The molecule has 0 spiro atoms. The Kier molecular flexibility index (Phi) is 5.21. The Morgan fingerprint density at radius 3 is 2.88 bits per heavy atom. The lowest BCUT2D eigenvalue weighted by molar-refractivity contribution is 0.0929. The summed E-state index contributed by atoms with van der Waals surface area (Å²) in [5, 5.41) is 14.7. The molecule has 3 aromatic rings. The molecule has 26 heavy (non-hydrogen) atoms. The number of para-hydroxylation sites is 1. The van der Waals surface area contributed by atoms with Gasteiger partial charge in [-0.15, -0.1) is 5.10 Å². The van der Waals surface area contributed by atoms with Gasteiger partial charge < -0.3 is 24.7 Å². The van der Waals surface area contributed by atoms with Gasteiger partial charge in [-0.3, -0.25) is 4.79 Å². The lowest BCUT2D eigenvalue weighted by atomic mass is 10.2. The average Bonchev–Trinajstić information content (AvgIpc) is 3.09. The molecule has 8 nitrogen and oxygen atoms in total. The van der Waals surface area contributed by atoms with E-state index in [9.17, 15) is 4.79 Å². The number of carbonyl (C=O) groups is 1. The monoisotopic (exact) mass is 355 g/mol. The number of aromatic nitrogens is 2. The lowest BCUT2D eigenvalue weighted by Crippen LogP contribution is -2.28. The number of nitrogens with one attached hydrogen (secondary N) is 2. The summed E-state index contributed by atoms with van der Waals surface area (Å²) in [7, 11) is 5.43. The Balaban J connectivity index is 1.55. The van der Waals surface area contributed by atoms with Crippen molar-refractivity contribution in [1.29, 1.82) is 0 Å². The maximum Gasteiger partial charge on any atom is 0.287 e. The molecule has 0 unspecified atom stereocenters. The maximum absolute atomic E-state index is 12.3. The molecule has 8 heteroatoms. The van der Waals surface area contributed by atoms with Crippen LogP contribution in [0.3, 0.4) is 0 Å². The first kappa shape index (κ1) is 17.5. The van der Waals surface area contributed by atoms with Gasteiger partial charge in [0.1, 0.15) is 0 Å². The molecule has 0 saturated carbocycles. The molecule has 1 aromatic carbocycles. The van der Waals surface area contributed by atoms with Crippen LogP contribution >= 0.6 is 0 Å². The van der Waals surface area contributed by atoms with Crippen LogP contribution in [-0.4, -0.2) is 50.4 Å². The number of ether oxygens (including phenoxy) is 1. The van der Waals surface area contributed by atoms with Crippen molar-refractivity contribution >= 4 is 28.4 Å². The van der Waals surface area contributed by atoms with E-state index in [2.05, 4.69) is 20.8 Å². The van der Waals surface area contributed by atoms with E-state index < -0.39 is 0 Å². The third-order valence-corrected chi connectivity index (χ3v) is 3.82. The highest BCUT2D eigenvalue weighted by molar-refractivity contribution is 5.97. The zero-order valence-corrected chi connectivity index (χ0v) is 14.9. The number of nitrogens with zero attached hydrogens (tertiary/aromatic N) is 3. The molecule has 0 fully saturated rings. The van der Waals surface area contributed by atoms with Crippen LogP contribution < -0.4 is 20.3 Å². The van der Waals surface area contributed by atoms with Crippen LogP contribution in [0.15, 0.2) is 40.9 Å². The van der Waals surface area contributed by atoms with Gasteiger partial charge in [0, 0.05) is 38.6 Å². The van der Waals surface area contributed by atoms with Crippen molar-refractivity contribution in [2.45, 2.75) is 0 Å². The van der Waals surface area contributed by atoms with Crippen molar-refractivity contribution in [1.82, 2.24) is 15.5 Å². The molecule has 0 aliphatic carbocycles. The fourth-order valence-electron chi connectivity index (χ4n) is 2.45. The van der Waals surface area contributed by atoms with Gasteiger partial charge in [0.2, 0.25) is 0 Å². The summed E-state index contributed by atoms with van der Waals surface area (Å²) in [6.45, 7) is 0.932. The number of anilines is 2. The fraction of sp³-hybridized carbons (Fsp3) is 0.278. The Labute approximate surface area is 151 Å². The van der Waals surface area contributed by atoms with Crippen LogP contribution in [0.2, 0.25) is 0 Å². The van der Waals surface area contributed by atoms with E-state index in [0.717, 1.165) is 11.1 Å². The van der Waals surface area contributed by atoms with Crippen LogP contribution in [0.25, 0.3) is 11.0 Å².